The van der Waals surface area contributed by atoms with Crippen LogP contribution >= 0.6 is 0 Å². The molecule has 28 heavy (non-hydrogen) atoms. The van der Waals surface area contributed by atoms with Gasteiger partial charge in [-0.3, -0.25) is 0 Å². The molecule has 0 heterocycles. The molecule has 0 radical (unpaired) electrons. The van der Waals surface area contributed by atoms with Crippen LogP contribution in [0.3, 0.4) is 0 Å². The topological polar surface area (TPSA) is 90.5 Å². The molecule has 1 fully saturated rings. The van der Waals surface area contributed by atoms with E-state index in [4.69, 9.17) is 5.11 Å². The lowest BCUT2D eigenvalue weighted by atomic mass is 9.95. The van der Waals surface area contributed by atoms with Crippen molar-refractivity contribution < 1.29 is 13.5 Å². The van der Waals surface area contributed by atoms with Gasteiger partial charge in [-0.2, -0.15) is 0 Å². The van der Waals surface area contributed by atoms with Gasteiger partial charge >= 0.3 is 0 Å². The molecule has 0 atom stereocenters. The monoisotopic (exact) mass is 403 g/mol. The van der Waals surface area contributed by atoms with Crippen LogP contribution in [0.1, 0.15) is 37.7 Å². The number of aliphatic hydroxyl groups is 1. The van der Waals surface area contributed by atoms with Crippen LogP contribution in [0, 0.1) is 0 Å². The van der Waals surface area contributed by atoms with Gasteiger partial charge in [-0.25, -0.2) is 13.1 Å². The number of sulfonamides is 1. The lowest BCUT2D eigenvalue weighted by Crippen LogP contribution is -2.27. The molecule has 3 rings (SSSR count). The molecular formula is C21H29N3O3S. The average Bonchev–Trinajstić information content (AvgIpc) is 2.73. The van der Waals surface area contributed by atoms with Crippen LogP contribution in [0.2, 0.25) is 0 Å². The first-order valence-corrected chi connectivity index (χ1v) is 11.4. The second kappa shape index (κ2) is 9.91. The summed E-state index contributed by atoms with van der Waals surface area (Å²) in [5.41, 5.74) is 2.81. The predicted molar refractivity (Wildman–Crippen MR) is 113 cm³/mol. The van der Waals surface area contributed by atoms with Crippen LogP contribution in [0.5, 0.6) is 0 Å². The van der Waals surface area contributed by atoms with E-state index in [-0.39, 0.29) is 18.0 Å². The van der Waals surface area contributed by atoms with E-state index < -0.39 is 10.0 Å². The first-order chi connectivity index (χ1) is 13.6. The highest BCUT2D eigenvalue weighted by Crippen LogP contribution is 2.29. The zero-order valence-electron chi connectivity index (χ0n) is 16.0. The Hall–Kier alpha value is -2.09. The van der Waals surface area contributed by atoms with E-state index in [0.717, 1.165) is 29.8 Å². The Morgan fingerprint density at radius 3 is 2.43 bits per heavy atom. The van der Waals surface area contributed by atoms with E-state index in [9.17, 15) is 8.42 Å². The Morgan fingerprint density at radius 2 is 1.71 bits per heavy atom. The average molecular weight is 404 g/mol. The van der Waals surface area contributed by atoms with Gasteiger partial charge in [0.15, 0.2) is 0 Å². The number of benzene rings is 2. The van der Waals surface area contributed by atoms with E-state index in [2.05, 4.69) is 15.4 Å². The molecule has 6 nitrogen and oxygen atoms in total. The van der Waals surface area contributed by atoms with Gasteiger partial charge in [0, 0.05) is 19.1 Å². The van der Waals surface area contributed by atoms with E-state index in [0.29, 0.717) is 12.6 Å². The molecule has 0 unspecified atom stereocenters. The molecule has 2 aromatic rings. The van der Waals surface area contributed by atoms with Crippen LogP contribution in [-0.2, 0) is 16.6 Å². The van der Waals surface area contributed by atoms with Crippen molar-refractivity contribution >= 4 is 21.4 Å². The van der Waals surface area contributed by atoms with Gasteiger partial charge in [0.2, 0.25) is 10.0 Å². The normalized spacial score (nSPS) is 15.3. The molecule has 1 saturated carbocycles. The maximum atomic E-state index is 12.4. The zero-order chi connectivity index (χ0) is 19.8. The highest BCUT2D eigenvalue weighted by Gasteiger charge is 2.18. The Kier molecular flexibility index (Phi) is 7.30. The SMILES string of the molecule is O=S(=O)(NCCO)c1ccc(NC2CCCCC2)c(NCc2ccccc2)c1. The van der Waals surface area contributed by atoms with Crippen molar-refractivity contribution in [2.75, 3.05) is 23.8 Å². The largest absolute Gasteiger partial charge is 0.395 e. The van der Waals surface area contributed by atoms with Crippen LogP contribution in [-0.4, -0.2) is 32.7 Å². The molecule has 7 heteroatoms. The van der Waals surface area contributed by atoms with Crippen molar-refractivity contribution in [3.63, 3.8) is 0 Å². The van der Waals surface area contributed by atoms with E-state index >= 15 is 0 Å². The standard InChI is InChI=1S/C21H29N3O3S/c25-14-13-23-28(26,27)19-11-12-20(24-18-9-5-2-6-10-18)21(15-19)22-16-17-7-3-1-4-8-17/h1,3-4,7-8,11-12,15,18,22-25H,2,5-6,9-10,13-14,16H2. The molecule has 0 aromatic heterocycles. The number of hydrogen-bond acceptors (Lipinski definition) is 5. The van der Waals surface area contributed by atoms with Crippen molar-refractivity contribution in [2.24, 2.45) is 0 Å². The van der Waals surface area contributed by atoms with Crippen molar-refractivity contribution in [1.82, 2.24) is 4.72 Å². The summed E-state index contributed by atoms with van der Waals surface area (Å²) in [7, 11) is -3.66. The van der Waals surface area contributed by atoms with Gasteiger partial charge in [-0.05, 0) is 36.6 Å². The summed E-state index contributed by atoms with van der Waals surface area (Å²) in [5.74, 6) is 0. The van der Waals surface area contributed by atoms with Crippen molar-refractivity contribution in [1.29, 1.82) is 0 Å². The smallest absolute Gasteiger partial charge is 0.240 e. The molecule has 1 aliphatic rings. The quantitative estimate of drug-likeness (QED) is 0.516. The van der Waals surface area contributed by atoms with Crippen LogP contribution < -0.4 is 15.4 Å². The second-order valence-electron chi connectivity index (χ2n) is 7.15. The lowest BCUT2D eigenvalue weighted by Gasteiger charge is -2.25. The summed E-state index contributed by atoms with van der Waals surface area (Å²) in [6.45, 7) is 0.366. The first-order valence-electron chi connectivity index (χ1n) is 9.87. The van der Waals surface area contributed by atoms with Crippen molar-refractivity contribution in [2.45, 2.75) is 49.6 Å². The molecule has 0 saturated heterocycles. The Morgan fingerprint density at radius 1 is 0.964 bits per heavy atom. The van der Waals surface area contributed by atoms with Gasteiger partial charge in [0.1, 0.15) is 0 Å². The third kappa shape index (κ3) is 5.70. The van der Waals surface area contributed by atoms with E-state index in [1.165, 1.54) is 19.3 Å². The molecule has 152 valence electrons. The zero-order valence-corrected chi connectivity index (χ0v) is 16.8. The third-order valence-electron chi connectivity index (χ3n) is 5.00. The molecular weight excluding hydrogens is 374 g/mol. The molecule has 0 amide bonds. The van der Waals surface area contributed by atoms with Gasteiger partial charge in [0.25, 0.3) is 0 Å². The molecule has 4 N–H and O–H groups in total. The van der Waals surface area contributed by atoms with Crippen LogP contribution in [0.15, 0.2) is 53.4 Å². The highest BCUT2D eigenvalue weighted by molar-refractivity contribution is 7.89. The maximum absolute atomic E-state index is 12.4. The summed E-state index contributed by atoms with van der Waals surface area (Å²) >= 11 is 0. The number of rotatable bonds is 9. The Bertz CT molecular complexity index is 850. The first kappa shape index (κ1) is 20.6. The summed E-state index contributed by atoms with van der Waals surface area (Å²) in [6, 6.07) is 15.5. The fourth-order valence-corrected chi connectivity index (χ4v) is 4.53. The minimum Gasteiger partial charge on any atom is -0.395 e. The van der Waals surface area contributed by atoms with Crippen molar-refractivity contribution in [3.05, 3.63) is 54.1 Å². The molecule has 0 spiro atoms. The van der Waals surface area contributed by atoms with Crippen LogP contribution in [0.25, 0.3) is 0 Å². The summed E-state index contributed by atoms with van der Waals surface area (Å²) < 4.78 is 27.3. The third-order valence-corrected chi connectivity index (χ3v) is 6.45. The Labute approximate surface area is 167 Å². The molecule has 1 aliphatic carbocycles. The summed E-state index contributed by atoms with van der Waals surface area (Å²) in [5, 5.41) is 15.9. The van der Waals surface area contributed by atoms with Gasteiger partial charge in [-0.15, -0.1) is 0 Å². The fraction of sp³-hybridized carbons (Fsp3) is 0.429. The van der Waals surface area contributed by atoms with Gasteiger partial charge < -0.3 is 15.7 Å². The summed E-state index contributed by atoms with van der Waals surface area (Å²) in [4.78, 5) is 0.186. The predicted octanol–water partition coefficient (Wildman–Crippen LogP) is 3.31. The minimum absolute atomic E-state index is 0.00279. The number of aliphatic hydroxyl groups excluding tert-OH is 1. The lowest BCUT2D eigenvalue weighted by molar-refractivity contribution is 0.301. The Balaban J connectivity index is 1.82. The molecule has 0 bridgehead atoms. The van der Waals surface area contributed by atoms with E-state index in [1.807, 2.05) is 36.4 Å². The van der Waals surface area contributed by atoms with Gasteiger partial charge in [-0.1, -0.05) is 49.6 Å². The number of anilines is 2. The second-order valence-corrected chi connectivity index (χ2v) is 8.91. The fourth-order valence-electron chi connectivity index (χ4n) is 3.49. The van der Waals surface area contributed by atoms with Crippen LogP contribution in [0.4, 0.5) is 11.4 Å². The molecule has 2 aromatic carbocycles. The number of hydrogen-bond donors (Lipinski definition) is 4. The number of nitrogens with one attached hydrogen (secondary N) is 3. The van der Waals surface area contributed by atoms with E-state index in [1.54, 1.807) is 12.1 Å². The van der Waals surface area contributed by atoms with Crippen molar-refractivity contribution in [3.8, 4) is 0 Å². The highest BCUT2D eigenvalue weighted by atomic mass is 32.2. The summed E-state index contributed by atoms with van der Waals surface area (Å²) in [6.07, 6.45) is 6.00. The maximum Gasteiger partial charge on any atom is 0.240 e. The minimum atomic E-state index is -3.66. The molecule has 0 aliphatic heterocycles. The van der Waals surface area contributed by atoms with Gasteiger partial charge in [0.05, 0.1) is 22.9 Å².